The molecular weight excluding hydrogens is 231 g/mol. The van der Waals surface area contributed by atoms with Gasteiger partial charge in [-0.25, -0.2) is 19.6 Å². The van der Waals surface area contributed by atoms with Gasteiger partial charge in [0, 0.05) is 17.1 Å². The summed E-state index contributed by atoms with van der Waals surface area (Å²) in [5.74, 6) is 0. The van der Waals surface area contributed by atoms with Gasteiger partial charge >= 0.3 is 0 Å². The fourth-order valence-corrected chi connectivity index (χ4v) is 0. The molecule has 0 aromatic carbocycles. The van der Waals surface area contributed by atoms with Crippen LogP contribution in [0.2, 0.25) is 0 Å². The van der Waals surface area contributed by atoms with Gasteiger partial charge in [-0.1, -0.05) is 0 Å². The van der Waals surface area contributed by atoms with Gasteiger partial charge in [-0.3, -0.25) is 0 Å². The third-order valence-corrected chi connectivity index (χ3v) is 0. The summed E-state index contributed by atoms with van der Waals surface area (Å²) in [6.07, 6.45) is 1.50. The molecule has 85 valence electrons. The Morgan fingerprint density at radius 1 is 0.643 bits per heavy atom. The number of rotatable bonds is 0. The van der Waals surface area contributed by atoms with Crippen LogP contribution in [0.25, 0.3) is 0 Å². The Balaban J connectivity index is -0.00000000838. The predicted octanol–water partition coefficient (Wildman–Crippen LogP) is 0.0795. The molecule has 0 saturated carbocycles. The van der Waals surface area contributed by atoms with Gasteiger partial charge in [-0.05, 0) is 0 Å². The van der Waals surface area contributed by atoms with E-state index in [0.717, 1.165) is 0 Å². The van der Waals surface area contributed by atoms with Crippen molar-refractivity contribution in [3.05, 3.63) is 19.6 Å². The summed E-state index contributed by atoms with van der Waals surface area (Å²) >= 11 is 0. The first-order valence-corrected chi connectivity index (χ1v) is 2.26. The molecule has 0 fully saturated rings. The summed E-state index contributed by atoms with van der Waals surface area (Å²) in [4.78, 5) is 40.0. The molecule has 0 aliphatic rings. The van der Waals surface area contributed by atoms with Crippen molar-refractivity contribution in [3.63, 3.8) is 0 Å². The van der Waals surface area contributed by atoms with Crippen LogP contribution < -0.4 is 0 Å². The van der Waals surface area contributed by atoms with E-state index in [1.54, 1.807) is 0 Å². The molecule has 0 spiro atoms. The number of carbonyl (C=O) groups excluding carboxylic acids is 5. The average Bonchev–Trinajstić information content (AvgIpc) is 2.32. The van der Waals surface area contributed by atoms with Gasteiger partial charge < -0.3 is 24.0 Å². The van der Waals surface area contributed by atoms with E-state index in [2.05, 4.69) is 13.5 Å². The summed E-state index contributed by atoms with van der Waals surface area (Å²) in [5, 5.41) is 0. The molecule has 0 rings (SSSR count). The van der Waals surface area contributed by atoms with Crippen molar-refractivity contribution in [2.24, 2.45) is 0 Å². The minimum absolute atomic E-state index is 0. The number of hydrogen-bond acceptors (Lipinski definition) is 5. The van der Waals surface area contributed by atoms with Gasteiger partial charge in [0.05, 0.1) is 0 Å². The Kier molecular flexibility index (Phi) is 18200. The van der Waals surface area contributed by atoms with Crippen LogP contribution in [-0.4, -0.2) is 33.9 Å². The first kappa shape index (κ1) is 54.8. The van der Waals surface area contributed by atoms with Crippen molar-refractivity contribution >= 4 is 33.9 Å². The van der Waals surface area contributed by atoms with Crippen LogP contribution in [0.1, 0.15) is 0 Å². The number of carbonyl (C=O) groups is 5. The van der Waals surface area contributed by atoms with Crippen molar-refractivity contribution in [2.45, 2.75) is 0 Å². The zero-order chi connectivity index (χ0) is 12.7. The number of hydrogen-bond donors (Lipinski definition) is 0. The first-order chi connectivity index (χ1) is 6.41. The fraction of sp³-hybridized carbons (Fsp3) is 0. The summed E-state index contributed by atoms with van der Waals surface area (Å²) in [6, 6.07) is 0. The first-order valence-electron chi connectivity index (χ1n) is 2.26. The summed E-state index contributed by atoms with van der Waals surface area (Å²) in [5.41, 5.74) is 0. The second-order valence-corrected chi connectivity index (χ2v) is 0.289. The third-order valence-electron chi connectivity index (χ3n) is 0. The zero-order valence-electron chi connectivity index (χ0n) is 7.95. The summed E-state index contributed by atoms with van der Waals surface area (Å²) in [7, 11) is 0. The molecule has 0 N–H and O–H groups in total. The van der Waals surface area contributed by atoms with Crippen molar-refractivity contribution in [2.75, 3.05) is 0 Å². The van der Waals surface area contributed by atoms with Crippen LogP contribution in [0.5, 0.6) is 0 Å². The quantitative estimate of drug-likeness (QED) is 0.446. The Labute approximate surface area is 95.0 Å². The van der Waals surface area contributed by atoms with Gasteiger partial charge in [0.2, 0.25) is 0 Å². The molecule has 0 atom stereocenters. The minimum Gasteiger partial charge on any atom is -0.307 e. The summed E-state index contributed by atoms with van der Waals surface area (Å²) in [6.45, 7) is 16.5. The maximum absolute atomic E-state index is 8.00. The molecule has 0 amide bonds. The predicted molar refractivity (Wildman–Crippen MR) is 51.2 cm³/mol. The molecule has 0 aliphatic carbocycles. The van der Waals surface area contributed by atoms with Gasteiger partial charge in [-0.15, -0.1) is 0 Å². The maximum Gasteiger partial charge on any atom is 0.106 e. The van der Waals surface area contributed by atoms with Crippen LogP contribution in [0, 0.1) is 6.92 Å². The molecule has 0 saturated heterocycles. The molecule has 0 aromatic rings. The van der Waals surface area contributed by atoms with Gasteiger partial charge in [-0.2, -0.15) is 0 Å². The van der Waals surface area contributed by atoms with Gasteiger partial charge in [0.15, 0.2) is 0 Å². The molecule has 0 aromatic heterocycles. The minimum atomic E-state index is 0. The number of allylic oxidation sites excluding steroid dienone is 1. The van der Waals surface area contributed by atoms with Crippen LogP contribution >= 0.6 is 0 Å². The van der Waals surface area contributed by atoms with Crippen LogP contribution in [0.4, 0.5) is 0 Å². The largest absolute Gasteiger partial charge is 0.307 e. The van der Waals surface area contributed by atoms with E-state index < -0.39 is 0 Å². The summed E-state index contributed by atoms with van der Waals surface area (Å²) < 4.78 is 0. The van der Waals surface area contributed by atoms with Crippen LogP contribution in [-0.2, 0) is 41.0 Å². The average molecular weight is 246 g/mol. The molecule has 0 unspecified atom stereocenters. The molecule has 1 radical (unpaired) electrons. The van der Waals surface area contributed by atoms with E-state index in [4.69, 9.17) is 24.0 Å². The van der Waals surface area contributed by atoms with Crippen molar-refractivity contribution in [3.8, 4) is 0 Å². The molecule has 0 heterocycles. The van der Waals surface area contributed by atoms with E-state index in [0.29, 0.717) is 0 Å². The normalized spacial score (nSPS) is 2.29. The van der Waals surface area contributed by atoms with E-state index in [1.807, 2.05) is 33.9 Å². The van der Waals surface area contributed by atoms with Crippen molar-refractivity contribution in [1.82, 2.24) is 0 Å². The zero-order valence-corrected chi connectivity index (χ0v) is 9.13. The molecule has 6 heteroatoms. The van der Waals surface area contributed by atoms with Crippen LogP contribution in [0.15, 0.2) is 12.7 Å². The Morgan fingerprint density at radius 2 is 0.643 bits per heavy atom. The SMILES string of the molecule is C=C[CH2-].C=O.C=O.C=O.C=O.C=O.[Mn]. The smallest absolute Gasteiger partial charge is 0.106 e. The Bertz CT molecular complexity index is 52.1. The standard InChI is InChI=1S/C3H5.5CH2O.Mn/c1-3-2;5*1-2;/h3H,1-2H2;5*1H2;/q-1;;;;;;. The van der Waals surface area contributed by atoms with Gasteiger partial charge in [0.25, 0.3) is 0 Å². The molecule has 0 bridgehead atoms. The van der Waals surface area contributed by atoms with E-state index in [1.165, 1.54) is 6.08 Å². The van der Waals surface area contributed by atoms with Crippen LogP contribution in [0.3, 0.4) is 0 Å². The second-order valence-electron chi connectivity index (χ2n) is 0.289. The fourth-order valence-electron chi connectivity index (χ4n) is 0. The molecular formula is C8H15MnO5-. The molecule has 0 aliphatic heterocycles. The molecule has 5 nitrogen and oxygen atoms in total. The van der Waals surface area contributed by atoms with E-state index in [9.17, 15) is 0 Å². The van der Waals surface area contributed by atoms with E-state index in [-0.39, 0.29) is 17.1 Å². The maximum atomic E-state index is 8.00. The van der Waals surface area contributed by atoms with Gasteiger partial charge in [0.1, 0.15) is 33.9 Å². The second kappa shape index (κ2) is 4650. The topological polar surface area (TPSA) is 85.3 Å². The Morgan fingerprint density at radius 3 is 0.643 bits per heavy atom. The Hall–Kier alpha value is -1.52. The van der Waals surface area contributed by atoms with E-state index >= 15 is 0 Å². The third kappa shape index (κ3) is 407. The monoisotopic (exact) mass is 246 g/mol. The van der Waals surface area contributed by atoms with Crippen molar-refractivity contribution < 1.29 is 41.0 Å². The van der Waals surface area contributed by atoms with Crippen molar-refractivity contribution in [1.29, 1.82) is 0 Å². The molecule has 14 heavy (non-hydrogen) atoms.